The number of fused-ring (bicyclic) bond motifs is 1. The Morgan fingerprint density at radius 1 is 1.15 bits per heavy atom. The van der Waals surface area contributed by atoms with E-state index >= 15 is 0 Å². The number of carbonyl (C=O) groups is 1. The van der Waals surface area contributed by atoms with Gasteiger partial charge in [0.2, 0.25) is 5.91 Å². The average Bonchev–Trinajstić information content (AvgIpc) is 2.65. The first-order valence-corrected chi connectivity index (χ1v) is 8.41. The molecule has 0 saturated carbocycles. The topological polar surface area (TPSA) is 86.0 Å². The molecule has 1 N–H and O–H groups in total. The summed E-state index contributed by atoms with van der Waals surface area (Å²) in [5.74, 6) is -0.348. The molecular weight excluding hydrogens is 356 g/mol. The largest absolute Gasteiger partial charge is 0.354 e. The molecule has 0 aliphatic carbocycles. The lowest BCUT2D eigenvalue weighted by atomic mass is 10.1. The van der Waals surface area contributed by atoms with Gasteiger partial charge in [-0.05, 0) is 36.2 Å². The van der Waals surface area contributed by atoms with Crippen molar-refractivity contribution in [1.82, 2.24) is 19.4 Å². The van der Waals surface area contributed by atoms with E-state index in [0.717, 1.165) is 10.1 Å². The molecule has 134 valence electrons. The number of nitrogens with one attached hydrogen (secondary N) is 1. The van der Waals surface area contributed by atoms with Gasteiger partial charge in [0, 0.05) is 24.8 Å². The number of carbonyl (C=O) groups excluding carboxylic acids is 1. The zero-order chi connectivity index (χ0) is 18.7. The van der Waals surface area contributed by atoms with Crippen molar-refractivity contribution in [2.24, 2.45) is 7.05 Å². The first-order valence-electron chi connectivity index (χ1n) is 8.03. The fourth-order valence-electron chi connectivity index (χ4n) is 2.68. The molecule has 0 atom stereocenters. The summed E-state index contributed by atoms with van der Waals surface area (Å²) in [6.07, 6.45) is 2.17. The minimum atomic E-state index is -0.749. The maximum atomic E-state index is 12.3. The van der Waals surface area contributed by atoms with Gasteiger partial charge in [0.15, 0.2) is 5.65 Å². The molecule has 1 aromatic carbocycles. The van der Waals surface area contributed by atoms with Crippen molar-refractivity contribution in [2.75, 3.05) is 6.54 Å². The third-order valence-corrected chi connectivity index (χ3v) is 4.31. The van der Waals surface area contributed by atoms with Crippen molar-refractivity contribution in [3.63, 3.8) is 0 Å². The second-order valence-electron chi connectivity index (χ2n) is 5.83. The van der Waals surface area contributed by atoms with Gasteiger partial charge in [-0.25, -0.2) is 4.98 Å². The number of pyridine rings is 1. The van der Waals surface area contributed by atoms with Crippen molar-refractivity contribution in [2.45, 2.75) is 13.0 Å². The highest BCUT2D eigenvalue weighted by Gasteiger charge is 2.14. The third kappa shape index (κ3) is 3.67. The smallest absolute Gasteiger partial charge is 0.317 e. The standard InChI is InChI=1S/C18H17ClN4O3/c1-22-16-14(3-2-9-21-16)23(18(26)17(22)25)11-15(24)20-10-8-12-4-6-13(19)7-5-12/h2-7,9H,8,10-11H2,1H3,(H,20,24). The van der Waals surface area contributed by atoms with E-state index in [1.54, 1.807) is 24.3 Å². The monoisotopic (exact) mass is 372 g/mol. The zero-order valence-corrected chi connectivity index (χ0v) is 14.9. The summed E-state index contributed by atoms with van der Waals surface area (Å²) in [4.78, 5) is 40.7. The molecule has 26 heavy (non-hydrogen) atoms. The van der Waals surface area contributed by atoms with E-state index in [0.29, 0.717) is 29.2 Å². The number of halogens is 1. The molecule has 8 heteroatoms. The van der Waals surface area contributed by atoms with Crippen LogP contribution < -0.4 is 16.4 Å². The Morgan fingerprint density at radius 2 is 1.88 bits per heavy atom. The number of rotatable bonds is 5. The first-order chi connectivity index (χ1) is 12.5. The van der Waals surface area contributed by atoms with Gasteiger partial charge in [0.05, 0.1) is 5.52 Å². The average molecular weight is 373 g/mol. The molecule has 0 unspecified atom stereocenters. The first kappa shape index (κ1) is 17.9. The van der Waals surface area contributed by atoms with Crippen LogP contribution >= 0.6 is 11.6 Å². The van der Waals surface area contributed by atoms with Crippen LogP contribution in [0.4, 0.5) is 0 Å². The van der Waals surface area contributed by atoms with Gasteiger partial charge in [-0.1, -0.05) is 23.7 Å². The Balaban J connectivity index is 1.74. The van der Waals surface area contributed by atoms with Crippen LogP contribution in [0.15, 0.2) is 52.2 Å². The molecule has 0 saturated heterocycles. The molecule has 3 rings (SSSR count). The van der Waals surface area contributed by atoms with Gasteiger partial charge in [-0.15, -0.1) is 0 Å². The van der Waals surface area contributed by atoms with Crippen molar-refractivity contribution >= 4 is 28.7 Å². The molecule has 3 aromatic rings. The van der Waals surface area contributed by atoms with Crippen molar-refractivity contribution < 1.29 is 4.79 Å². The van der Waals surface area contributed by atoms with Crippen LogP contribution in [0, 0.1) is 0 Å². The van der Waals surface area contributed by atoms with E-state index in [4.69, 9.17) is 11.6 Å². The number of amides is 1. The van der Waals surface area contributed by atoms with Gasteiger partial charge >= 0.3 is 11.1 Å². The maximum absolute atomic E-state index is 12.3. The van der Waals surface area contributed by atoms with Gasteiger partial charge < -0.3 is 5.32 Å². The lowest BCUT2D eigenvalue weighted by Gasteiger charge is -2.12. The Labute approximate surface area is 153 Å². The van der Waals surface area contributed by atoms with E-state index < -0.39 is 11.1 Å². The number of aryl methyl sites for hydroxylation is 1. The Kier molecular flexibility index (Phi) is 5.18. The minimum Gasteiger partial charge on any atom is -0.354 e. The van der Waals surface area contributed by atoms with Crippen molar-refractivity contribution in [3.8, 4) is 0 Å². The van der Waals surface area contributed by atoms with E-state index in [2.05, 4.69) is 10.3 Å². The third-order valence-electron chi connectivity index (χ3n) is 4.06. The Morgan fingerprint density at radius 3 is 2.62 bits per heavy atom. The van der Waals surface area contributed by atoms with Crippen LogP contribution in [0.5, 0.6) is 0 Å². The minimum absolute atomic E-state index is 0.238. The van der Waals surface area contributed by atoms with E-state index in [1.807, 2.05) is 12.1 Å². The maximum Gasteiger partial charge on any atom is 0.317 e. The molecule has 1 amide bonds. The van der Waals surface area contributed by atoms with Crippen LogP contribution in [0.25, 0.3) is 11.2 Å². The zero-order valence-electron chi connectivity index (χ0n) is 14.1. The summed E-state index contributed by atoms with van der Waals surface area (Å²) in [7, 11) is 1.48. The molecule has 2 heterocycles. The van der Waals surface area contributed by atoms with Crippen LogP contribution in [0.2, 0.25) is 5.02 Å². The lowest BCUT2D eigenvalue weighted by molar-refractivity contribution is -0.121. The van der Waals surface area contributed by atoms with E-state index in [-0.39, 0.29) is 12.5 Å². The highest BCUT2D eigenvalue weighted by Crippen LogP contribution is 2.09. The Hall–Kier alpha value is -2.93. The molecule has 0 fully saturated rings. The summed E-state index contributed by atoms with van der Waals surface area (Å²) in [6, 6.07) is 10.7. The SMILES string of the molecule is Cn1c(=O)c(=O)n(CC(=O)NCCc2ccc(Cl)cc2)c2cccnc21. The highest BCUT2D eigenvalue weighted by molar-refractivity contribution is 6.30. The molecule has 0 bridgehead atoms. The molecule has 0 radical (unpaired) electrons. The number of nitrogens with zero attached hydrogens (tertiary/aromatic N) is 3. The number of aromatic nitrogens is 3. The number of hydrogen-bond donors (Lipinski definition) is 1. The summed E-state index contributed by atoms with van der Waals surface area (Å²) >= 11 is 5.84. The van der Waals surface area contributed by atoms with Crippen LogP contribution in [-0.4, -0.2) is 26.6 Å². The molecule has 7 nitrogen and oxygen atoms in total. The van der Waals surface area contributed by atoms with E-state index in [9.17, 15) is 14.4 Å². The summed E-state index contributed by atoms with van der Waals surface area (Å²) in [5.41, 5.74) is 0.361. The molecular formula is C18H17ClN4O3. The van der Waals surface area contributed by atoms with E-state index in [1.165, 1.54) is 17.8 Å². The predicted octanol–water partition coefficient (Wildman–Crippen LogP) is 1.11. The fraction of sp³-hybridized carbons (Fsp3) is 0.222. The summed E-state index contributed by atoms with van der Waals surface area (Å²) in [6.45, 7) is 0.175. The normalized spacial score (nSPS) is 10.8. The van der Waals surface area contributed by atoms with Gasteiger partial charge in [0.25, 0.3) is 0 Å². The molecule has 0 aliphatic rings. The number of hydrogen-bond acceptors (Lipinski definition) is 4. The predicted molar refractivity (Wildman–Crippen MR) is 99.4 cm³/mol. The van der Waals surface area contributed by atoms with Crippen LogP contribution in [0.1, 0.15) is 5.56 Å². The van der Waals surface area contributed by atoms with Gasteiger partial charge in [0.1, 0.15) is 6.54 Å². The summed E-state index contributed by atoms with van der Waals surface area (Å²) < 4.78 is 2.34. The molecule has 0 spiro atoms. The number of benzene rings is 1. The van der Waals surface area contributed by atoms with Crippen molar-refractivity contribution in [3.05, 3.63) is 73.9 Å². The van der Waals surface area contributed by atoms with Crippen LogP contribution in [-0.2, 0) is 24.8 Å². The lowest BCUT2D eigenvalue weighted by Crippen LogP contribution is -2.43. The fourth-order valence-corrected chi connectivity index (χ4v) is 2.80. The van der Waals surface area contributed by atoms with Gasteiger partial charge in [-0.2, -0.15) is 0 Å². The quantitative estimate of drug-likeness (QED) is 0.680. The molecule has 2 aromatic heterocycles. The summed E-state index contributed by atoms with van der Waals surface area (Å²) in [5, 5.41) is 3.42. The Bertz CT molecular complexity index is 1070. The second kappa shape index (κ2) is 7.53. The second-order valence-corrected chi connectivity index (χ2v) is 6.26. The van der Waals surface area contributed by atoms with Crippen LogP contribution in [0.3, 0.4) is 0 Å². The highest BCUT2D eigenvalue weighted by atomic mass is 35.5. The van der Waals surface area contributed by atoms with Crippen molar-refractivity contribution in [1.29, 1.82) is 0 Å². The van der Waals surface area contributed by atoms with Gasteiger partial charge in [-0.3, -0.25) is 23.5 Å². The molecule has 0 aliphatic heterocycles.